The Morgan fingerprint density at radius 2 is 1.96 bits per heavy atom. The van der Waals surface area contributed by atoms with Gasteiger partial charge in [-0.05, 0) is 30.0 Å². The molecule has 0 radical (unpaired) electrons. The van der Waals surface area contributed by atoms with Crippen molar-refractivity contribution in [1.29, 1.82) is 0 Å². The molecule has 25 heavy (non-hydrogen) atoms. The van der Waals surface area contributed by atoms with Crippen LogP contribution in [-0.4, -0.2) is 23.4 Å². The summed E-state index contributed by atoms with van der Waals surface area (Å²) in [6, 6.07) is 5.57. The Kier molecular flexibility index (Phi) is 6.90. The van der Waals surface area contributed by atoms with Gasteiger partial charge in [0.2, 0.25) is 5.91 Å². The minimum Gasteiger partial charge on any atom is -0.550 e. The first-order chi connectivity index (χ1) is 11.4. The Balaban J connectivity index is 0.00000225. The largest absolute Gasteiger partial charge is 1.00 e. The third-order valence-electron chi connectivity index (χ3n) is 4.96. The SMILES string of the molecule is CC1C(C)[C@H](C(=O)NCCc2nc3cc(Cl)ccc3s2)[C@@H]1C(=O)[O-].[Na+]. The Hall–Kier alpha value is -0.660. The molecule has 1 aliphatic rings. The number of carboxylic acids is 1. The van der Waals surface area contributed by atoms with Crippen LogP contribution in [0.25, 0.3) is 10.2 Å². The molecule has 1 aromatic carbocycles. The van der Waals surface area contributed by atoms with Gasteiger partial charge in [0, 0.05) is 35.8 Å². The first-order valence-electron chi connectivity index (χ1n) is 7.92. The van der Waals surface area contributed by atoms with Crippen molar-refractivity contribution in [2.45, 2.75) is 20.3 Å². The topological polar surface area (TPSA) is 82.1 Å². The van der Waals surface area contributed by atoms with Crippen LogP contribution < -0.4 is 40.0 Å². The number of carbonyl (C=O) groups excluding carboxylic acids is 2. The van der Waals surface area contributed by atoms with E-state index in [1.54, 1.807) is 11.3 Å². The fraction of sp³-hybridized carbons (Fsp3) is 0.471. The molecule has 2 unspecified atom stereocenters. The van der Waals surface area contributed by atoms with Gasteiger partial charge in [-0.15, -0.1) is 11.3 Å². The number of carboxylic acid groups (broad SMARTS) is 1. The maximum absolute atomic E-state index is 12.3. The average Bonchev–Trinajstić information content (AvgIpc) is 2.92. The zero-order valence-corrected chi connectivity index (χ0v) is 18.0. The standard InChI is InChI=1S/C17H19ClN2O3S.Na/c1-8-9(2)15(17(22)23)14(8)16(21)19-6-5-13-20-11-7-10(18)3-4-12(11)24-13;/h3-4,7-9,14-15H,5-6H2,1-2H3,(H,19,21)(H,22,23);/q;+1/p-1/t8?,9?,14-,15+;/m0./s1. The number of hydrogen-bond acceptors (Lipinski definition) is 5. The van der Waals surface area contributed by atoms with Crippen LogP contribution in [-0.2, 0) is 16.0 Å². The van der Waals surface area contributed by atoms with Crippen molar-refractivity contribution < 1.29 is 44.3 Å². The van der Waals surface area contributed by atoms with E-state index in [4.69, 9.17) is 11.6 Å². The number of aliphatic carboxylic acids is 1. The Labute approximate surface area is 177 Å². The minimum atomic E-state index is -1.14. The molecule has 0 bridgehead atoms. The van der Waals surface area contributed by atoms with Gasteiger partial charge < -0.3 is 15.2 Å². The zero-order chi connectivity index (χ0) is 17.4. The first-order valence-corrected chi connectivity index (χ1v) is 9.11. The number of aromatic nitrogens is 1. The molecule has 5 nitrogen and oxygen atoms in total. The number of amides is 1. The zero-order valence-electron chi connectivity index (χ0n) is 14.4. The predicted molar refractivity (Wildman–Crippen MR) is 91.7 cm³/mol. The van der Waals surface area contributed by atoms with Gasteiger partial charge in [0.15, 0.2) is 0 Å². The second-order valence-corrected chi connectivity index (χ2v) is 7.90. The molecule has 8 heteroatoms. The van der Waals surface area contributed by atoms with Crippen LogP contribution in [0.15, 0.2) is 18.2 Å². The smallest absolute Gasteiger partial charge is 0.550 e. The molecule has 3 rings (SSSR count). The Morgan fingerprint density at radius 3 is 2.64 bits per heavy atom. The quantitative estimate of drug-likeness (QED) is 0.658. The van der Waals surface area contributed by atoms with Gasteiger partial charge in [-0.2, -0.15) is 0 Å². The van der Waals surface area contributed by atoms with Crippen molar-refractivity contribution >= 4 is 45.0 Å². The van der Waals surface area contributed by atoms with Gasteiger partial charge in [-0.25, -0.2) is 4.98 Å². The second kappa shape index (κ2) is 8.35. The molecule has 1 saturated carbocycles. The molecule has 1 fully saturated rings. The summed E-state index contributed by atoms with van der Waals surface area (Å²) in [5, 5.41) is 15.6. The number of benzene rings is 1. The fourth-order valence-corrected chi connectivity index (χ4v) is 4.51. The molecule has 0 spiro atoms. The number of thiazole rings is 1. The normalized spacial score (nSPS) is 25.1. The summed E-state index contributed by atoms with van der Waals surface area (Å²) >= 11 is 7.52. The van der Waals surface area contributed by atoms with Crippen LogP contribution in [0.2, 0.25) is 5.02 Å². The maximum Gasteiger partial charge on any atom is 1.00 e. The third-order valence-corrected chi connectivity index (χ3v) is 6.29. The van der Waals surface area contributed by atoms with Gasteiger partial charge in [0.25, 0.3) is 0 Å². The number of carbonyl (C=O) groups is 2. The van der Waals surface area contributed by atoms with Gasteiger partial charge in [-0.1, -0.05) is 25.4 Å². The maximum atomic E-state index is 12.3. The van der Waals surface area contributed by atoms with Crippen molar-refractivity contribution in [3.05, 3.63) is 28.2 Å². The summed E-state index contributed by atoms with van der Waals surface area (Å²) in [4.78, 5) is 27.9. The van der Waals surface area contributed by atoms with E-state index in [1.807, 2.05) is 32.0 Å². The first kappa shape index (κ1) is 20.6. The Bertz CT molecular complexity index is 797. The second-order valence-electron chi connectivity index (χ2n) is 6.35. The van der Waals surface area contributed by atoms with Gasteiger partial charge >= 0.3 is 29.6 Å². The molecule has 4 atom stereocenters. The molecule has 1 aliphatic carbocycles. The summed E-state index contributed by atoms with van der Waals surface area (Å²) in [5.41, 5.74) is 0.854. The van der Waals surface area contributed by atoms with Crippen LogP contribution in [0.4, 0.5) is 0 Å². The summed E-state index contributed by atoms with van der Waals surface area (Å²) in [5.74, 6) is -2.51. The average molecular weight is 389 g/mol. The van der Waals surface area contributed by atoms with Crippen LogP contribution in [0.3, 0.4) is 0 Å². The van der Waals surface area contributed by atoms with Crippen molar-refractivity contribution in [3.8, 4) is 0 Å². The van der Waals surface area contributed by atoms with E-state index < -0.39 is 17.8 Å². The van der Waals surface area contributed by atoms with Crippen LogP contribution in [0.1, 0.15) is 18.9 Å². The third kappa shape index (κ3) is 4.19. The molecular formula is C17H18ClN2NaO3S. The Morgan fingerprint density at radius 1 is 1.28 bits per heavy atom. The minimum absolute atomic E-state index is 0. The number of rotatable bonds is 5. The van der Waals surface area contributed by atoms with Gasteiger partial charge in [-0.3, -0.25) is 4.79 Å². The molecule has 1 heterocycles. The number of hydrogen-bond donors (Lipinski definition) is 1. The molecule has 128 valence electrons. The number of nitrogens with one attached hydrogen (secondary N) is 1. The van der Waals surface area contributed by atoms with E-state index >= 15 is 0 Å². The molecule has 1 N–H and O–H groups in total. The number of halogens is 1. The van der Waals surface area contributed by atoms with Crippen molar-refractivity contribution in [2.24, 2.45) is 23.7 Å². The van der Waals surface area contributed by atoms with E-state index in [0.717, 1.165) is 15.2 Å². The van der Waals surface area contributed by atoms with E-state index in [-0.39, 0.29) is 47.3 Å². The molecule has 2 aromatic rings. The fourth-order valence-electron chi connectivity index (χ4n) is 3.39. The predicted octanol–water partition coefficient (Wildman–Crippen LogP) is -1.12. The molecule has 1 aromatic heterocycles. The molecule has 0 aliphatic heterocycles. The molecular weight excluding hydrogens is 371 g/mol. The molecule has 1 amide bonds. The van der Waals surface area contributed by atoms with Gasteiger partial charge in [0.1, 0.15) is 0 Å². The van der Waals surface area contributed by atoms with E-state index in [2.05, 4.69) is 10.3 Å². The monoisotopic (exact) mass is 388 g/mol. The number of fused-ring (bicyclic) bond motifs is 1. The summed E-state index contributed by atoms with van der Waals surface area (Å²) in [6.45, 7) is 4.19. The summed E-state index contributed by atoms with van der Waals surface area (Å²) < 4.78 is 1.05. The van der Waals surface area contributed by atoms with Crippen molar-refractivity contribution in [2.75, 3.05) is 6.54 Å². The van der Waals surface area contributed by atoms with Crippen molar-refractivity contribution in [1.82, 2.24) is 10.3 Å². The van der Waals surface area contributed by atoms with Crippen LogP contribution >= 0.6 is 22.9 Å². The molecule has 0 saturated heterocycles. The van der Waals surface area contributed by atoms with Crippen LogP contribution in [0.5, 0.6) is 0 Å². The van der Waals surface area contributed by atoms with E-state index in [0.29, 0.717) is 18.0 Å². The van der Waals surface area contributed by atoms with Gasteiger partial charge in [0.05, 0.1) is 15.2 Å². The van der Waals surface area contributed by atoms with Crippen molar-refractivity contribution in [3.63, 3.8) is 0 Å². The van der Waals surface area contributed by atoms with E-state index in [9.17, 15) is 14.7 Å². The summed E-state index contributed by atoms with van der Waals surface area (Å²) in [6.07, 6.45) is 0.606. The van der Waals surface area contributed by atoms with Crippen LogP contribution in [0, 0.1) is 23.7 Å². The summed E-state index contributed by atoms with van der Waals surface area (Å²) in [7, 11) is 0. The van der Waals surface area contributed by atoms with E-state index in [1.165, 1.54) is 0 Å². The number of nitrogens with zero attached hydrogens (tertiary/aromatic N) is 1.